The lowest BCUT2D eigenvalue weighted by Crippen LogP contribution is -2.51. The second-order valence-corrected chi connectivity index (χ2v) is 16.8. The van der Waals surface area contributed by atoms with E-state index >= 15 is 0 Å². The molecule has 0 spiro atoms. The van der Waals surface area contributed by atoms with E-state index in [1.165, 1.54) is 0 Å². The summed E-state index contributed by atoms with van der Waals surface area (Å²) in [5.74, 6) is -5.17. The third-order valence-electron chi connectivity index (χ3n) is 9.61. The van der Waals surface area contributed by atoms with Crippen molar-refractivity contribution < 1.29 is 58.2 Å². The van der Waals surface area contributed by atoms with E-state index in [4.69, 9.17) is 16.6 Å². The van der Waals surface area contributed by atoms with Crippen molar-refractivity contribution in [2.45, 2.75) is 163 Å². The molecule has 0 aromatic rings. The molecule has 0 saturated heterocycles. The minimum absolute atomic E-state index is 0. The van der Waals surface area contributed by atoms with Crippen LogP contribution in [0.15, 0.2) is 24.8 Å². The number of ketones is 2. The van der Waals surface area contributed by atoms with Crippen LogP contribution in [0.3, 0.4) is 0 Å². The number of aldehydes is 2. The van der Waals surface area contributed by atoms with Gasteiger partial charge in [-0.1, -0.05) is 75.0 Å². The van der Waals surface area contributed by atoms with Crippen molar-refractivity contribution in [3.05, 3.63) is 24.8 Å². The molecule has 372 valence electrons. The Labute approximate surface area is 385 Å². The molecule has 4 amide bonds. The molecule has 0 aliphatic rings. The number of amides is 4. The largest absolute Gasteiger partial charge is 0.550 e. The number of carboxylic acids is 2. The molecule has 0 aliphatic carbocycles. The Morgan fingerprint density at radius 3 is 1.25 bits per heavy atom. The highest BCUT2D eigenvalue weighted by atomic mass is 16.4. The summed E-state index contributed by atoms with van der Waals surface area (Å²) in [7, 11) is 0. The van der Waals surface area contributed by atoms with Gasteiger partial charge in [0.15, 0.2) is 0 Å². The first-order valence-electron chi connectivity index (χ1n) is 21.9. The number of nitrogens with two attached hydrogens (primary N) is 2. The van der Waals surface area contributed by atoms with Gasteiger partial charge in [0.05, 0.1) is 36.6 Å². The number of carboxylic acid groups (broad SMARTS) is 2. The van der Waals surface area contributed by atoms with Crippen LogP contribution in [0.5, 0.6) is 0 Å². The highest BCUT2D eigenvalue weighted by Gasteiger charge is 2.27. The second kappa shape index (κ2) is 36.5. The highest BCUT2D eigenvalue weighted by molar-refractivity contribution is 6.01. The van der Waals surface area contributed by atoms with Gasteiger partial charge >= 0.3 is 5.97 Å². The van der Waals surface area contributed by atoms with Crippen LogP contribution in [0, 0.1) is 23.7 Å². The third-order valence-corrected chi connectivity index (χ3v) is 9.61. The Morgan fingerprint density at radius 2 is 0.969 bits per heavy atom. The quantitative estimate of drug-likeness (QED) is 0.0240. The molecule has 0 aliphatic heterocycles. The van der Waals surface area contributed by atoms with Crippen molar-refractivity contribution >= 4 is 59.7 Å². The van der Waals surface area contributed by atoms with Gasteiger partial charge in [0.1, 0.15) is 36.2 Å². The van der Waals surface area contributed by atoms with Crippen LogP contribution in [-0.2, 0) is 47.9 Å². The summed E-state index contributed by atoms with van der Waals surface area (Å²) in [6.45, 7) is 19.1. The SMILES string of the molecule is C.C=C(N)NCCCC(C=O)NC(=O)C(CC(C)C)NC(=O)CC(=O)CC(CC)CC(=O)O.C=C(N)NCCCC(C=O)NC(=O)C(CC(C)C)NC(=O)CC(=O)CC(CC)CC(=O)[O-]. The molecule has 0 fully saturated rings. The molecule has 0 radical (unpaired) electrons. The minimum Gasteiger partial charge on any atom is -0.550 e. The molecule has 0 heterocycles. The fraction of sp³-hybridized carbons (Fsp3) is 0.689. The van der Waals surface area contributed by atoms with Gasteiger partial charge in [0, 0.05) is 38.3 Å². The monoisotopic (exact) mass is 924 g/mol. The van der Waals surface area contributed by atoms with Gasteiger partial charge in [-0.15, -0.1) is 0 Å². The molecule has 0 bridgehead atoms. The Kier molecular flexibility index (Phi) is 35.7. The van der Waals surface area contributed by atoms with Crippen molar-refractivity contribution in [2.75, 3.05) is 13.1 Å². The maximum atomic E-state index is 12.7. The fourth-order valence-corrected chi connectivity index (χ4v) is 6.30. The van der Waals surface area contributed by atoms with Gasteiger partial charge in [-0.3, -0.25) is 33.6 Å². The van der Waals surface area contributed by atoms with Gasteiger partial charge in [-0.25, -0.2) is 0 Å². The van der Waals surface area contributed by atoms with Gasteiger partial charge in [-0.05, 0) is 68.6 Å². The molecule has 20 nitrogen and oxygen atoms in total. The van der Waals surface area contributed by atoms with Gasteiger partial charge < -0.3 is 68.0 Å². The Morgan fingerprint density at radius 1 is 0.615 bits per heavy atom. The number of Topliss-reactive ketones (excluding diaryl/α,β-unsaturated/α-hetero) is 2. The minimum atomic E-state index is -1.24. The van der Waals surface area contributed by atoms with Gasteiger partial charge in [-0.2, -0.15) is 0 Å². The first kappa shape index (κ1) is 63.5. The zero-order valence-corrected chi connectivity index (χ0v) is 38.6. The average molecular weight is 924 g/mol. The van der Waals surface area contributed by atoms with Crippen LogP contribution in [0.4, 0.5) is 0 Å². The predicted octanol–water partition coefficient (Wildman–Crippen LogP) is 1.00. The number of carbonyl (C=O) groups is 10. The molecule has 20 heteroatoms. The Hall–Kier alpha value is -5.82. The van der Waals surface area contributed by atoms with Crippen LogP contribution >= 0.6 is 0 Å². The van der Waals surface area contributed by atoms with E-state index in [1.54, 1.807) is 13.8 Å². The van der Waals surface area contributed by atoms with Crippen LogP contribution in [0.2, 0.25) is 0 Å². The first-order valence-corrected chi connectivity index (χ1v) is 21.9. The number of aliphatic carboxylic acids is 2. The molecule has 6 atom stereocenters. The van der Waals surface area contributed by atoms with Crippen LogP contribution in [0.1, 0.15) is 139 Å². The number of rotatable bonds is 36. The molecular formula is C45H79N8O12-. The Bertz CT molecular complexity index is 1440. The Balaban J connectivity index is -0.00000116. The lowest BCUT2D eigenvalue weighted by molar-refractivity contribution is -0.306. The van der Waals surface area contributed by atoms with Gasteiger partial charge in [0.2, 0.25) is 23.6 Å². The predicted molar refractivity (Wildman–Crippen MR) is 245 cm³/mol. The number of hydrogen-bond acceptors (Lipinski definition) is 15. The zero-order valence-electron chi connectivity index (χ0n) is 38.6. The number of carbonyl (C=O) groups excluding carboxylic acids is 9. The smallest absolute Gasteiger partial charge is 0.303 e. The molecule has 11 N–H and O–H groups in total. The van der Waals surface area contributed by atoms with Crippen molar-refractivity contribution in [1.29, 1.82) is 0 Å². The molecule has 0 rings (SSSR count). The summed E-state index contributed by atoms with van der Waals surface area (Å²) in [6.07, 6.45) is 3.53. The van der Waals surface area contributed by atoms with E-state index in [0.717, 1.165) is 0 Å². The molecular weight excluding hydrogens is 845 g/mol. The van der Waals surface area contributed by atoms with E-state index in [9.17, 15) is 53.1 Å². The van der Waals surface area contributed by atoms with Crippen molar-refractivity contribution in [2.24, 2.45) is 35.1 Å². The molecule has 0 aromatic heterocycles. The number of nitrogens with one attached hydrogen (secondary N) is 6. The van der Waals surface area contributed by atoms with Crippen LogP contribution < -0.4 is 48.5 Å². The molecule has 0 saturated carbocycles. The lowest BCUT2D eigenvalue weighted by atomic mass is 9.95. The summed E-state index contributed by atoms with van der Waals surface area (Å²) in [6, 6.07) is -3.23. The van der Waals surface area contributed by atoms with Crippen LogP contribution in [0.25, 0.3) is 0 Å². The molecule has 65 heavy (non-hydrogen) atoms. The molecule has 0 aromatic carbocycles. The average Bonchev–Trinajstić information content (AvgIpc) is 3.18. The van der Waals surface area contributed by atoms with Crippen molar-refractivity contribution in [1.82, 2.24) is 31.9 Å². The third kappa shape index (κ3) is 35.2. The fourth-order valence-electron chi connectivity index (χ4n) is 6.30. The summed E-state index contributed by atoms with van der Waals surface area (Å²) >= 11 is 0. The number of hydrogen-bond donors (Lipinski definition) is 9. The second-order valence-electron chi connectivity index (χ2n) is 16.8. The van der Waals surface area contributed by atoms with Crippen molar-refractivity contribution in [3.63, 3.8) is 0 Å². The normalized spacial score (nSPS) is 13.3. The van der Waals surface area contributed by atoms with E-state index in [0.29, 0.717) is 88.7 Å². The van der Waals surface area contributed by atoms with Crippen molar-refractivity contribution in [3.8, 4) is 0 Å². The van der Waals surface area contributed by atoms with E-state index in [1.807, 2.05) is 27.7 Å². The summed E-state index contributed by atoms with van der Waals surface area (Å²) in [5, 5.41) is 35.7. The highest BCUT2D eigenvalue weighted by Crippen LogP contribution is 2.16. The summed E-state index contributed by atoms with van der Waals surface area (Å²) in [4.78, 5) is 119. The van der Waals surface area contributed by atoms with Gasteiger partial charge in [0.25, 0.3) is 0 Å². The van der Waals surface area contributed by atoms with Crippen LogP contribution in [-0.4, -0.2) is 102 Å². The standard InChI is InChI=1S/2C22H38N4O6.CH4/c2*1-5-16(11-21(30)31)10-18(28)12-20(29)26-19(9-14(2)3)22(32)25-17(13-27)7-6-8-24-15(4)23;/h2*13-14,16-17,19,24H,4-12,23H2,1-3H3,(H,25,32)(H,26,29)(H,30,31);1H4/p-1. The first-order chi connectivity index (χ1) is 30.0. The lowest BCUT2D eigenvalue weighted by Gasteiger charge is -2.22. The maximum Gasteiger partial charge on any atom is 0.303 e. The summed E-state index contributed by atoms with van der Waals surface area (Å²) < 4.78 is 0. The summed E-state index contributed by atoms with van der Waals surface area (Å²) in [5.41, 5.74) is 10.8. The van der Waals surface area contributed by atoms with E-state index in [2.05, 4.69) is 45.1 Å². The van der Waals surface area contributed by atoms with E-state index in [-0.39, 0.29) is 56.6 Å². The molecule has 6 unspecified atom stereocenters. The van der Waals surface area contributed by atoms with E-state index < -0.39 is 84.3 Å². The zero-order chi connectivity index (χ0) is 49.4. The maximum absolute atomic E-state index is 12.7. The topological polar surface area (TPSA) is 338 Å².